The number of nitrogens with two attached hydrogens (primary N) is 1. The Labute approximate surface area is 167 Å². The van der Waals surface area contributed by atoms with Gasteiger partial charge in [-0.3, -0.25) is 10.2 Å². The summed E-state index contributed by atoms with van der Waals surface area (Å²) in [6, 6.07) is 19.9. The van der Waals surface area contributed by atoms with E-state index in [1.54, 1.807) is 60.7 Å². The highest BCUT2D eigenvalue weighted by Crippen LogP contribution is 2.15. The number of carbonyl (C=O) groups excluding carboxylic acids is 1. The highest BCUT2D eigenvalue weighted by atomic mass is 32.2. The van der Waals surface area contributed by atoms with Crippen LogP contribution in [0.1, 0.15) is 11.1 Å². The zero-order valence-corrected chi connectivity index (χ0v) is 16.0. The average molecular weight is 410 g/mol. The number of hydrogen-bond donors (Lipinski definition) is 2. The number of oxime groups is 1. The van der Waals surface area contributed by atoms with Crippen molar-refractivity contribution < 1.29 is 18.0 Å². The molecule has 3 rings (SSSR count). The minimum atomic E-state index is -3.60. The van der Waals surface area contributed by atoms with E-state index in [-0.39, 0.29) is 16.6 Å². The van der Waals surface area contributed by atoms with Gasteiger partial charge in [-0.05, 0) is 35.9 Å². The predicted octanol–water partition coefficient (Wildman–Crippen LogP) is 2.92. The van der Waals surface area contributed by atoms with Crippen molar-refractivity contribution in [3.63, 3.8) is 0 Å². The number of nitrogens with zero attached hydrogens (tertiary/aromatic N) is 2. The van der Waals surface area contributed by atoms with Gasteiger partial charge < -0.3 is 5.73 Å². The molecular weight excluding hydrogens is 392 g/mol. The molecule has 0 atom stereocenters. The number of benzene rings is 2. The third-order valence-electron chi connectivity index (χ3n) is 3.78. The van der Waals surface area contributed by atoms with Gasteiger partial charge in [0, 0.05) is 17.4 Å². The molecule has 0 bridgehead atoms. The number of hydrogen-bond acceptors (Lipinski definition) is 6. The molecular formula is C20H18N4O4S. The molecule has 3 N–H and O–H groups in total. The fraction of sp³-hybridized carbons (Fsp3) is 0.0500. The Kier molecular flexibility index (Phi) is 6.20. The van der Waals surface area contributed by atoms with E-state index < -0.39 is 15.9 Å². The topological polar surface area (TPSA) is 124 Å². The average Bonchev–Trinajstić information content (AvgIpc) is 2.73. The van der Waals surface area contributed by atoms with Crippen LogP contribution in [0.4, 0.5) is 10.5 Å². The summed E-state index contributed by atoms with van der Waals surface area (Å²) in [6.07, 6.45) is 0.624. The summed E-state index contributed by atoms with van der Waals surface area (Å²) in [5, 5.41) is 6.10. The zero-order chi connectivity index (χ0) is 20.7. The minimum absolute atomic E-state index is 0.00652. The van der Waals surface area contributed by atoms with Crippen molar-refractivity contribution in [3.8, 4) is 0 Å². The summed E-state index contributed by atoms with van der Waals surface area (Å²) in [4.78, 5) is 20.4. The van der Waals surface area contributed by atoms with Gasteiger partial charge >= 0.3 is 6.09 Å². The van der Waals surface area contributed by atoms with Gasteiger partial charge in [-0.1, -0.05) is 47.6 Å². The molecule has 0 aliphatic rings. The van der Waals surface area contributed by atoms with Gasteiger partial charge in [0.1, 0.15) is 0 Å². The van der Waals surface area contributed by atoms with Crippen LogP contribution < -0.4 is 11.1 Å². The Morgan fingerprint density at radius 2 is 1.79 bits per heavy atom. The molecule has 0 radical (unpaired) electrons. The Morgan fingerprint density at radius 3 is 2.52 bits per heavy atom. The number of amidine groups is 1. The normalized spacial score (nSPS) is 11.7. The van der Waals surface area contributed by atoms with E-state index in [0.29, 0.717) is 16.8 Å². The van der Waals surface area contributed by atoms with Gasteiger partial charge in [0.15, 0.2) is 20.7 Å². The standard InChI is InChI=1S/C20H18N4O4S/c21-19(24-28-20(25)23-17-9-2-1-3-10-17)16-8-6-7-15(13-16)14-29(26,27)18-11-4-5-12-22-18/h1-13H,14H2,(H2,21,24)(H,23,25). The molecule has 0 saturated heterocycles. The van der Waals surface area contributed by atoms with E-state index in [9.17, 15) is 13.2 Å². The molecule has 0 aliphatic carbocycles. The van der Waals surface area contributed by atoms with Crippen molar-refractivity contribution in [2.75, 3.05) is 5.32 Å². The van der Waals surface area contributed by atoms with E-state index in [0.717, 1.165) is 0 Å². The highest BCUT2D eigenvalue weighted by molar-refractivity contribution is 7.90. The van der Waals surface area contributed by atoms with Crippen LogP contribution in [0.5, 0.6) is 0 Å². The molecule has 2 aromatic carbocycles. The van der Waals surface area contributed by atoms with E-state index in [1.165, 1.54) is 12.3 Å². The van der Waals surface area contributed by atoms with Gasteiger partial charge in [0.25, 0.3) is 0 Å². The lowest BCUT2D eigenvalue weighted by atomic mass is 10.1. The molecule has 9 heteroatoms. The largest absolute Gasteiger partial charge is 0.437 e. The molecule has 0 fully saturated rings. The number of carbonyl (C=O) groups is 1. The molecule has 0 aliphatic heterocycles. The molecule has 1 aromatic heterocycles. The highest BCUT2D eigenvalue weighted by Gasteiger charge is 2.17. The number of sulfone groups is 1. The van der Waals surface area contributed by atoms with E-state index in [2.05, 4.69) is 15.5 Å². The summed E-state index contributed by atoms with van der Waals surface area (Å²) in [7, 11) is -3.60. The third kappa shape index (κ3) is 5.63. The van der Waals surface area contributed by atoms with Crippen molar-refractivity contribution in [1.29, 1.82) is 0 Å². The fourth-order valence-electron chi connectivity index (χ4n) is 2.45. The quantitative estimate of drug-likeness (QED) is 0.279. The Balaban J connectivity index is 1.68. The number of amides is 1. The van der Waals surface area contributed by atoms with Crippen molar-refractivity contribution in [3.05, 3.63) is 90.1 Å². The fourth-order valence-corrected chi connectivity index (χ4v) is 3.72. The lowest BCUT2D eigenvalue weighted by Gasteiger charge is -2.06. The first-order valence-electron chi connectivity index (χ1n) is 8.54. The van der Waals surface area contributed by atoms with Crippen LogP contribution in [0, 0.1) is 0 Å². The van der Waals surface area contributed by atoms with Crippen LogP contribution in [0.15, 0.2) is 89.2 Å². The molecule has 0 spiro atoms. The smallest absolute Gasteiger partial charge is 0.380 e. The number of aromatic nitrogens is 1. The van der Waals surface area contributed by atoms with Gasteiger partial charge in [-0.2, -0.15) is 0 Å². The molecule has 148 valence electrons. The van der Waals surface area contributed by atoms with E-state index in [4.69, 9.17) is 10.6 Å². The van der Waals surface area contributed by atoms with Crippen molar-refractivity contribution >= 4 is 27.5 Å². The number of rotatable bonds is 6. The summed E-state index contributed by atoms with van der Waals surface area (Å²) in [6.45, 7) is 0. The summed E-state index contributed by atoms with van der Waals surface area (Å²) >= 11 is 0. The second kappa shape index (κ2) is 8.98. The van der Waals surface area contributed by atoms with Crippen LogP contribution in [-0.2, 0) is 20.4 Å². The summed E-state index contributed by atoms with van der Waals surface area (Å²) in [5.41, 5.74) is 7.34. The molecule has 1 heterocycles. The maximum Gasteiger partial charge on any atom is 0.437 e. The first kappa shape index (κ1) is 20.0. The molecule has 0 unspecified atom stereocenters. The number of pyridine rings is 1. The maximum absolute atomic E-state index is 12.5. The van der Waals surface area contributed by atoms with Gasteiger partial charge in [-0.25, -0.2) is 18.2 Å². The summed E-state index contributed by atoms with van der Waals surface area (Å²) in [5.74, 6) is -0.314. The molecule has 29 heavy (non-hydrogen) atoms. The van der Waals surface area contributed by atoms with Crippen LogP contribution in [0.3, 0.4) is 0 Å². The molecule has 0 saturated carbocycles. The van der Waals surface area contributed by atoms with Crippen LogP contribution in [-0.4, -0.2) is 25.3 Å². The third-order valence-corrected chi connectivity index (χ3v) is 5.38. The van der Waals surface area contributed by atoms with Gasteiger partial charge in [0.05, 0.1) is 5.75 Å². The molecule has 3 aromatic rings. The minimum Gasteiger partial charge on any atom is -0.380 e. The molecule has 8 nitrogen and oxygen atoms in total. The Hall–Kier alpha value is -3.72. The van der Waals surface area contributed by atoms with Gasteiger partial charge in [-0.15, -0.1) is 0 Å². The SMILES string of the molecule is N/C(=N/OC(=O)Nc1ccccc1)c1cccc(CS(=O)(=O)c2ccccn2)c1. The first-order valence-corrected chi connectivity index (χ1v) is 10.2. The van der Waals surface area contributed by atoms with Crippen LogP contribution >= 0.6 is 0 Å². The van der Waals surface area contributed by atoms with Crippen LogP contribution in [0.2, 0.25) is 0 Å². The van der Waals surface area contributed by atoms with Crippen LogP contribution in [0.25, 0.3) is 0 Å². The van der Waals surface area contributed by atoms with E-state index >= 15 is 0 Å². The van der Waals surface area contributed by atoms with Crippen molar-refractivity contribution in [2.45, 2.75) is 10.8 Å². The van der Waals surface area contributed by atoms with Crippen molar-refractivity contribution in [1.82, 2.24) is 4.98 Å². The lowest BCUT2D eigenvalue weighted by molar-refractivity contribution is 0.166. The lowest BCUT2D eigenvalue weighted by Crippen LogP contribution is -2.18. The van der Waals surface area contributed by atoms with E-state index in [1.807, 2.05) is 6.07 Å². The van der Waals surface area contributed by atoms with Crippen molar-refractivity contribution in [2.24, 2.45) is 10.9 Å². The molecule has 1 amide bonds. The number of para-hydroxylation sites is 1. The number of nitrogens with one attached hydrogen (secondary N) is 1. The monoisotopic (exact) mass is 410 g/mol. The Bertz CT molecular complexity index is 1120. The zero-order valence-electron chi connectivity index (χ0n) is 15.2. The Morgan fingerprint density at radius 1 is 1.03 bits per heavy atom. The summed E-state index contributed by atoms with van der Waals surface area (Å²) < 4.78 is 24.9. The second-order valence-corrected chi connectivity index (χ2v) is 7.91. The van der Waals surface area contributed by atoms with Gasteiger partial charge in [0.2, 0.25) is 0 Å². The second-order valence-electron chi connectivity index (χ2n) is 5.97. The first-order chi connectivity index (χ1) is 13.9. The number of anilines is 1. The predicted molar refractivity (Wildman–Crippen MR) is 109 cm³/mol. The maximum atomic E-state index is 12.5.